The van der Waals surface area contributed by atoms with Crippen LogP contribution in [-0.2, 0) is 16.6 Å². The molecule has 0 radical (unpaired) electrons. The zero-order valence-corrected chi connectivity index (χ0v) is 14.8. The van der Waals surface area contributed by atoms with Crippen LogP contribution in [0.3, 0.4) is 0 Å². The molecule has 1 aliphatic rings. The number of hydrogen-bond donors (Lipinski definition) is 1. The molecule has 1 aliphatic heterocycles. The Kier molecular flexibility index (Phi) is 4.42. The molecule has 0 saturated heterocycles. The molecule has 0 unspecified atom stereocenters. The quantitative estimate of drug-likeness (QED) is 0.882. The largest absolute Gasteiger partial charge is 0.301 e. The first kappa shape index (κ1) is 16.7. The van der Waals surface area contributed by atoms with Gasteiger partial charge >= 0.3 is 0 Å². The number of hydrogen-bond acceptors (Lipinski definition) is 3. The molecule has 0 aliphatic carbocycles. The highest BCUT2D eigenvalue weighted by Crippen LogP contribution is 2.38. The van der Waals surface area contributed by atoms with Gasteiger partial charge in [0.25, 0.3) is 0 Å². The molecular formula is C16H16Cl2N2O2S. The molecule has 0 fully saturated rings. The fourth-order valence-corrected chi connectivity index (χ4v) is 4.18. The molecule has 0 spiro atoms. The van der Waals surface area contributed by atoms with Crippen molar-refractivity contribution in [3.8, 4) is 0 Å². The predicted molar refractivity (Wildman–Crippen MR) is 92.5 cm³/mol. The van der Waals surface area contributed by atoms with Gasteiger partial charge in [0, 0.05) is 29.1 Å². The van der Waals surface area contributed by atoms with Gasteiger partial charge in [-0.25, -0.2) is 13.6 Å². The van der Waals surface area contributed by atoms with Crippen LogP contribution >= 0.6 is 23.2 Å². The average Bonchev–Trinajstić information content (AvgIpc) is 2.47. The molecule has 7 heteroatoms. The highest BCUT2D eigenvalue weighted by atomic mass is 35.5. The van der Waals surface area contributed by atoms with Crippen LogP contribution in [0.15, 0.2) is 41.3 Å². The summed E-state index contributed by atoms with van der Waals surface area (Å²) in [5.41, 5.74) is 2.94. The van der Waals surface area contributed by atoms with E-state index in [1.54, 1.807) is 18.2 Å². The number of primary sulfonamides is 1. The normalized spacial score (nSPS) is 18.7. The Morgan fingerprint density at radius 2 is 1.96 bits per heavy atom. The summed E-state index contributed by atoms with van der Waals surface area (Å²) in [5.74, 6) is -0.0124. The average molecular weight is 371 g/mol. The lowest BCUT2D eigenvalue weighted by Crippen LogP contribution is -2.31. The van der Waals surface area contributed by atoms with Gasteiger partial charge in [-0.2, -0.15) is 0 Å². The number of fused-ring (bicyclic) bond motifs is 1. The van der Waals surface area contributed by atoms with E-state index in [-0.39, 0.29) is 10.8 Å². The smallest absolute Gasteiger partial charge is 0.238 e. The molecule has 122 valence electrons. The number of nitrogens with two attached hydrogens (primary N) is 1. The lowest BCUT2D eigenvalue weighted by Gasteiger charge is -2.33. The fraction of sp³-hybridized carbons (Fsp3) is 0.250. The van der Waals surface area contributed by atoms with Gasteiger partial charge in [-0.05, 0) is 48.0 Å². The minimum atomic E-state index is -3.74. The lowest BCUT2D eigenvalue weighted by atomic mass is 9.85. The van der Waals surface area contributed by atoms with Gasteiger partial charge in [-0.15, -0.1) is 0 Å². The van der Waals surface area contributed by atoms with E-state index in [2.05, 4.69) is 4.90 Å². The van der Waals surface area contributed by atoms with Gasteiger partial charge < -0.3 is 4.90 Å². The maximum absolute atomic E-state index is 11.6. The Labute approximate surface area is 145 Å². The minimum Gasteiger partial charge on any atom is -0.301 e. The summed E-state index contributed by atoms with van der Waals surface area (Å²) >= 11 is 12.5. The van der Waals surface area contributed by atoms with Crippen molar-refractivity contribution < 1.29 is 8.42 Å². The minimum absolute atomic E-state index is 0.0124. The summed E-state index contributed by atoms with van der Waals surface area (Å²) in [6, 6.07) is 10.4. The van der Waals surface area contributed by atoms with Crippen molar-refractivity contribution >= 4 is 33.2 Å². The van der Waals surface area contributed by atoms with Gasteiger partial charge in [0.05, 0.1) is 4.90 Å². The SMILES string of the molecule is CN1Cc2c(Cl)cc(Cl)cc2[C@@H](c2cccc(S(N)(=O)=O)c2)C1. The zero-order chi connectivity index (χ0) is 16.8. The van der Waals surface area contributed by atoms with Crippen LogP contribution in [0.2, 0.25) is 10.0 Å². The third-order valence-electron chi connectivity index (χ3n) is 4.08. The monoisotopic (exact) mass is 370 g/mol. The molecule has 2 aromatic rings. The van der Waals surface area contributed by atoms with Crippen LogP contribution in [0.1, 0.15) is 22.6 Å². The molecule has 1 atom stereocenters. The number of sulfonamides is 1. The van der Waals surface area contributed by atoms with Crippen LogP contribution in [0, 0.1) is 0 Å². The van der Waals surface area contributed by atoms with Crippen LogP contribution in [0.5, 0.6) is 0 Å². The summed E-state index contributed by atoms with van der Waals surface area (Å²) in [7, 11) is -1.73. The van der Waals surface area contributed by atoms with E-state index < -0.39 is 10.0 Å². The van der Waals surface area contributed by atoms with E-state index in [0.29, 0.717) is 10.0 Å². The Bertz CT molecular complexity index is 868. The Hall–Kier alpha value is -1.11. The van der Waals surface area contributed by atoms with Crippen molar-refractivity contribution in [2.45, 2.75) is 17.4 Å². The number of likely N-dealkylation sites (N-methyl/N-ethyl adjacent to an activating group) is 1. The van der Waals surface area contributed by atoms with E-state index >= 15 is 0 Å². The molecular weight excluding hydrogens is 355 g/mol. The molecule has 0 amide bonds. The second kappa shape index (κ2) is 6.07. The number of halogens is 2. The maximum atomic E-state index is 11.6. The van der Waals surface area contributed by atoms with Gasteiger partial charge in [0.2, 0.25) is 10.0 Å². The molecule has 2 N–H and O–H groups in total. The molecule has 0 aromatic heterocycles. The van der Waals surface area contributed by atoms with Crippen LogP contribution < -0.4 is 5.14 Å². The summed E-state index contributed by atoms with van der Waals surface area (Å²) < 4.78 is 23.2. The molecule has 2 aromatic carbocycles. The van der Waals surface area contributed by atoms with Crippen molar-refractivity contribution in [1.29, 1.82) is 0 Å². The van der Waals surface area contributed by atoms with E-state index in [0.717, 1.165) is 29.8 Å². The van der Waals surface area contributed by atoms with Gasteiger partial charge in [-0.3, -0.25) is 0 Å². The molecule has 0 saturated carbocycles. The molecule has 0 bridgehead atoms. The first-order valence-corrected chi connectivity index (χ1v) is 9.35. The van der Waals surface area contributed by atoms with E-state index in [1.807, 2.05) is 19.2 Å². The third-order valence-corrected chi connectivity index (χ3v) is 5.55. The van der Waals surface area contributed by atoms with Gasteiger partial charge in [0.15, 0.2) is 0 Å². The number of rotatable bonds is 2. The van der Waals surface area contributed by atoms with Crippen molar-refractivity contribution in [2.24, 2.45) is 5.14 Å². The fourth-order valence-electron chi connectivity index (χ4n) is 3.04. The molecule has 1 heterocycles. The Morgan fingerprint density at radius 1 is 1.22 bits per heavy atom. The van der Waals surface area contributed by atoms with Crippen LogP contribution in [0.4, 0.5) is 0 Å². The van der Waals surface area contributed by atoms with E-state index in [9.17, 15) is 8.42 Å². The summed E-state index contributed by atoms with van der Waals surface area (Å²) in [5, 5.41) is 6.45. The van der Waals surface area contributed by atoms with Gasteiger partial charge in [-0.1, -0.05) is 35.3 Å². The summed E-state index contributed by atoms with van der Waals surface area (Å²) in [6.07, 6.45) is 0. The van der Waals surface area contributed by atoms with Crippen LogP contribution in [-0.4, -0.2) is 26.9 Å². The highest BCUT2D eigenvalue weighted by Gasteiger charge is 2.27. The number of nitrogens with zero attached hydrogens (tertiary/aromatic N) is 1. The highest BCUT2D eigenvalue weighted by molar-refractivity contribution is 7.89. The molecule has 23 heavy (non-hydrogen) atoms. The first-order chi connectivity index (χ1) is 10.8. The van der Waals surface area contributed by atoms with Crippen molar-refractivity contribution in [1.82, 2.24) is 4.90 Å². The Balaban J connectivity index is 2.15. The maximum Gasteiger partial charge on any atom is 0.238 e. The standard InChI is InChI=1S/C16H16Cl2N2O2S/c1-20-8-14(10-3-2-4-12(5-10)23(19,21)22)13-6-11(17)7-16(18)15(13)9-20/h2-7,14H,8-9H2,1H3,(H2,19,21,22)/t14-/m1/s1. The van der Waals surface area contributed by atoms with Crippen molar-refractivity contribution in [2.75, 3.05) is 13.6 Å². The van der Waals surface area contributed by atoms with Gasteiger partial charge in [0.1, 0.15) is 0 Å². The topological polar surface area (TPSA) is 63.4 Å². The van der Waals surface area contributed by atoms with Crippen molar-refractivity contribution in [3.63, 3.8) is 0 Å². The molecule has 4 nitrogen and oxygen atoms in total. The number of benzene rings is 2. The van der Waals surface area contributed by atoms with E-state index in [1.165, 1.54) is 6.07 Å². The van der Waals surface area contributed by atoms with E-state index in [4.69, 9.17) is 28.3 Å². The summed E-state index contributed by atoms with van der Waals surface area (Å²) in [6.45, 7) is 1.48. The lowest BCUT2D eigenvalue weighted by molar-refractivity contribution is 0.295. The second-order valence-corrected chi connectivity index (χ2v) is 8.23. The Morgan fingerprint density at radius 3 is 2.65 bits per heavy atom. The van der Waals surface area contributed by atoms with Crippen LogP contribution in [0.25, 0.3) is 0 Å². The second-order valence-electron chi connectivity index (χ2n) is 5.82. The summed E-state index contributed by atoms with van der Waals surface area (Å²) in [4.78, 5) is 2.26. The predicted octanol–water partition coefficient (Wildman–Crippen LogP) is 3.22. The van der Waals surface area contributed by atoms with Crippen molar-refractivity contribution in [3.05, 3.63) is 63.1 Å². The zero-order valence-electron chi connectivity index (χ0n) is 12.5. The molecule has 3 rings (SSSR count). The third kappa shape index (κ3) is 3.39. The first-order valence-electron chi connectivity index (χ1n) is 7.05.